The minimum absolute atomic E-state index is 0.116. The number of nitrogens with one attached hydrogen (secondary N) is 2. The fourth-order valence-electron chi connectivity index (χ4n) is 2.52. The number of benzene rings is 1. The van der Waals surface area contributed by atoms with Crippen LogP contribution in [0.3, 0.4) is 0 Å². The number of carbonyl (C=O) groups excluding carboxylic acids is 4. The lowest BCUT2D eigenvalue weighted by Gasteiger charge is -2.18. The Balaban J connectivity index is 2.62. The Kier molecular flexibility index (Phi) is 12.3. The van der Waals surface area contributed by atoms with Gasteiger partial charge in [0.25, 0.3) is 5.91 Å². The molecule has 1 aromatic carbocycles. The van der Waals surface area contributed by atoms with Crippen molar-refractivity contribution >= 4 is 35.5 Å². The van der Waals surface area contributed by atoms with Crippen LogP contribution < -0.4 is 10.6 Å². The zero-order chi connectivity index (χ0) is 23.2. The van der Waals surface area contributed by atoms with E-state index in [0.717, 1.165) is 0 Å². The molecule has 0 aliphatic rings. The van der Waals surface area contributed by atoms with Crippen molar-refractivity contribution in [2.24, 2.45) is 5.92 Å². The van der Waals surface area contributed by atoms with Crippen molar-refractivity contribution in [1.29, 1.82) is 0 Å². The third-order valence-electron chi connectivity index (χ3n) is 3.96. The van der Waals surface area contributed by atoms with Crippen molar-refractivity contribution in [1.82, 2.24) is 10.6 Å². The molecule has 0 aliphatic heterocycles. The average molecular weight is 455 g/mol. The summed E-state index contributed by atoms with van der Waals surface area (Å²) in [6, 6.07) is 5.84. The van der Waals surface area contributed by atoms with E-state index in [0.29, 0.717) is 24.5 Å². The first-order valence-corrected chi connectivity index (χ1v) is 10.8. The van der Waals surface area contributed by atoms with Gasteiger partial charge < -0.3 is 24.8 Å². The van der Waals surface area contributed by atoms with E-state index in [4.69, 9.17) is 14.2 Å². The molecule has 0 radical (unpaired) electrons. The number of hydrogen-bond donors (Lipinski definition) is 2. The third-order valence-corrected chi connectivity index (χ3v) is 5.03. The summed E-state index contributed by atoms with van der Waals surface area (Å²) in [7, 11) is 2.79. The van der Waals surface area contributed by atoms with Gasteiger partial charge in [0, 0.05) is 18.6 Å². The van der Waals surface area contributed by atoms with Crippen LogP contribution in [0.4, 0.5) is 0 Å². The largest absolute Gasteiger partial charge is 0.467 e. The predicted octanol–water partition coefficient (Wildman–Crippen LogP) is 1.40. The van der Waals surface area contributed by atoms with Gasteiger partial charge >= 0.3 is 11.9 Å². The lowest BCUT2D eigenvalue weighted by molar-refractivity contribution is -0.145. The number of esters is 2. The van der Waals surface area contributed by atoms with Gasteiger partial charge in [-0.2, -0.15) is 0 Å². The molecule has 0 bridgehead atoms. The predicted molar refractivity (Wildman–Crippen MR) is 116 cm³/mol. The maximum atomic E-state index is 12.5. The van der Waals surface area contributed by atoms with Crippen LogP contribution in [0.15, 0.2) is 29.2 Å². The highest BCUT2D eigenvalue weighted by Crippen LogP contribution is 2.23. The molecule has 10 heteroatoms. The molecule has 1 rings (SSSR count). The highest BCUT2D eigenvalue weighted by Gasteiger charge is 2.23. The van der Waals surface area contributed by atoms with E-state index in [2.05, 4.69) is 10.6 Å². The molecule has 0 heterocycles. The van der Waals surface area contributed by atoms with Gasteiger partial charge in [0.05, 0.1) is 25.0 Å². The average Bonchev–Trinajstić information content (AvgIpc) is 2.75. The normalized spacial score (nSPS) is 11.5. The molecule has 0 aromatic heterocycles. The Bertz CT molecular complexity index is 755. The van der Waals surface area contributed by atoms with Crippen LogP contribution in [0.2, 0.25) is 0 Å². The summed E-state index contributed by atoms with van der Waals surface area (Å²) < 4.78 is 14.7. The van der Waals surface area contributed by atoms with Crippen LogP contribution in [0.25, 0.3) is 0 Å². The Morgan fingerprint density at radius 3 is 2.42 bits per heavy atom. The lowest BCUT2D eigenvalue weighted by Crippen LogP contribution is -2.44. The quantitative estimate of drug-likeness (QED) is 0.261. The summed E-state index contributed by atoms with van der Waals surface area (Å²) in [5.74, 6) is -1.78. The fourth-order valence-corrected chi connectivity index (χ4v) is 3.39. The monoisotopic (exact) mass is 454 g/mol. The molecular formula is C21H30N2O7S. The van der Waals surface area contributed by atoms with Gasteiger partial charge in [-0.05, 0) is 24.5 Å². The SMILES string of the molecule is COCCNC(=O)CSc1ccccc1C(=O)OCC(=O)NC(CC(C)C)C(=O)OC. The zero-order valence-corrected chi connectivity index (χ0v) is 19.1. The van der Waals surface area contributed by atoms with Crippen LogP contribution in [0.1, 0.15) is 30.6 Å². The minimum Gasteiger partial charge on any atom is -0.467 e. The molecule has 0 fully saturated rings. The van der Waals surface area contributed by atoms with Gasteiger partial charge in [-0.25, -0.2) is 9.59 Å². The van der Waals surface area contributed by atoms with E-state index >= 15 is 0 Å². The number of methoxy groups -OCH3 is 2. The summed E-state index contributed by atoms with van der Waals surface area (Å²) >= 11 is 1.18. The van der Waals surface area contributed by atoms with Crippen molar-refractivity contribution < 1.29 is 33.4 Å². The summed E-state index contributed by atoms with van der Waals surface area (Å²) in [6.07, 6.45) is 0.401. The van der Waals surface area contributed by atoms with Crippen molar-refractivity contribution in [3.8, 4) is 0 Å². The first kappa shape index (κ1) is 26.4. The molecule has 0 saturated heterocycles. The van der Waals surface area contributed by atoms with Crippen LogP contribution in [0, 0.1) is 5.92 Å². The molecule has 0 aliphatic carbocycles. The van der Waals surface area contributed by atoms with E-state index < -0.39 is 30.5 Å². The second kappa shape index (κ2) is 14.4. The van der Waals surface area contributed by atoms with Gasteiger partial charge in [-0.15, -0.1) is 11.8 Å². The molecule has 1 aromatic rings. The number of hydrogen-bond acceptors (Lipinski definition) is 8. The second-order valence-corrected chi connectivity index (χ2v) is 7.99. The Labute approximate surface area is 186 Å². The van der Waals surface area contributed by atoms with Crippen molar-refractivity contribution in [3.05, 3.63) is 29.8 Å². The van der Waals surface area contributed by atoms with Gasteiger partial charge in [-0.1, -0.05) is 26.0 Å². The number of carbonyl (C=O) groups is 4. The first-order chi connectivity index (χ1) is 14.8. The molecular weight excluding hydrogens is 424 g/mol. The smallest absolute Gasteiger partial charge is 0.339 e. The Hall–Kier alpha value is -2.59. The Morgan fingerprint density at radius 1 is 1.06 bits per heavy atom. The Morgan fingerprint density at radius 2 is 1.77 bits per heavy atom. The van der Waals surface area contributed by atoms with Gasteiger partial charge in [-0.3, -0.25) is 9.59 Å². The van der Waals surface area contributed by atoms with E-state index in [-0.39, 0.29) is 23.1 Å². The standard InChI is InChI=1S/C21H30N2O7S/c1-14(2)11-16(21(27)29-4)23-18(24)12-30-20(26)15-7-5-6-8-17(15)31-13-19(25)22-9-10-28-3/h5-8,14,16H,9-13H2,1-4H3,(H,22,25)(H,23,24). The number of rotatable bonds is 13. The molecule has 172 valence electrons. The van der Waals surface area contributed by atoms with Gasteiger partial charge in [0.15, 0.2) is 6.61 Å². The summed E-state index contributed by atoms with van der Waals surface area (Å²) in [5, 5.41) is 5.22. The second-order valence-electron chi connectivity index (χ2n) is 6.98. The van der Waals surface area contributed by atoms with Crippen molar-refractivity contribution in [2.45, 2.75) is 31.2 Å². The molecule has 9 nitrogen and oxygen atoms in total. The fraction of sp³-hybridized carbons (Fsp3) is 0.524. The molecule has 31 heavy (non-hydrogen) atoms. The summed E-state index contributed by atoms with van der Waals surface area (Å²) in [4.78, 5) is 48.8. The van der Waals surface area contributed by atoms with Crippen LogP contribution in [-0.2, 0) is 28.6 Å². The number of amides is 2. The molecule has 1 unspecified atom stereocenters. The van der Waals surface area contributed by atoms with Gasteiger partial charge in [0.1, 0.15) is 6.04 Å². The van der Waals surface area contributed by atoms with Crippen LogP contribution in [0.5, 0.6) is 0 Å². The van der Waals surface area contributed by atoms with Crippen molar-refractivity contribution in [2.75, 3.05) is 39.7 Å². The van der Waals surface area contributed by atoms with E-state index in [1.807, 2.05) is 13.8 Å². The topological polar surface area (TPSA) is 120 Å². The summed E-state index contributed by atoms with van der Waals surface area (Å²) in [6.45, 7) is 4.09. The maximum absolute atomic E-state index is 12.5. The number of ether oxygens (including phenoxy) is 3. The van der Waals surface area contributed by atoms with Crippen LogP contribution >= 0.6 is 11.8 Å². The first-order valence-electron chi connectivity index (χ1n) is 9.80. The highest BCUT2D eigenvalue weighted by atomic mass is 32.2. The van der Waals surface area contributed by atoms with Crippen LogP contribution in [-0.4, -0.2) is 69.5 Å². The molecule has 0 spiro atoms. The molecule has 0 saturated carbocycles. The maximum Gasteiger partial charge on any atom is 0.339 e. The van der Waals surface area contributed by atoms with E-state index in [1.165, 1.54) is 18.9 Å². The molecule has 2 N–H and O–H groups in total. The number of thioether (sulfide) groups is 1. The zero-order valence-electron chi connectivity index (χ0n) is 18.3. The molecule has 1 atom stereocenters. The highest BCUT2D eigenvalue weighted by molar-refractivity contribution is 8.00. The lowest BCUT2D eigenvalue weighted by atomic mass is 10.0. The van der Waals surface area contributed by atoms with Gasteiger partial charge in [0.2, 0.25) is 5.91 Å². The van der Waals surface area contributed by atoms with Crippen molar-refractivity contribution in [3.63, 3.8) is 0 Å². The van der Waals surface area contributed by atoms with E-state index in [9.17, 15) is 19.2 Å². The molecule has 2 amide bonds. The summed E-state index contributed by atoms with van der Waals surface area (Å²) in [5.41, 5.74) is 0.247. The third kappa shape index (κ3) is 10.3. The minimum atomic E-state index is -0.810. The van der Waals surface area contributed by atoms with E-state index in [1.54, 1.807) is 31.4 Å².